The predicted molar refractivity (Wildman–Crippen MR) is 90.1 cm³/mol. The highest BCUT2D eigenvalue weighted by Crippen LogP contribution is 2.26. The lowest BCUT2D eigenvalue weighted by atomic mass is 10.2. The molecule has 1 atom stereocenters. The molecule has 0 bridgehead atoms. The van der Waals surface area contributed by atoms with Crippen molar-refractivity contribution in [3.63, 3.8) is 0 Å². The van der Waals surface area contributed by atoms with Gasteiger partial charge in [0.15, 0.2) is 0 Å². The Bertz CT molecular complexity index is 596. The van der Waals surface area contributed by atoms with Crippen LogP contribution in [0.4, 0.5) is 11.8 Å². The second-order valence-corrected chi connectivity index (χ2v) is 5.54. The standard InChI is InChI=1S/C16H25N5/c1-6-21(12(2)11-20(4)5)15-13-9-7-8-10-14(13)18-16(17-3)19-15/h7-10,12H,6,11H2,1-5H3,(H,17,18,19). The SMILES string of the molecule is CCN(c1nc(NC)nc2ccccc12)C(C)CN(C)C. The molecule has 114 valence electrons. The molecule has 0 radical (unpaired) electrons. The number of hydrogen-bond donors (Lipinski definition) is 1. The van der Waals surface area contributed by atoms with E-state index in [2.05, 4.69) is 54.1 Å². The van der Waals surface area contributed by atoms with Gasteiger partial charge >= 0.3 is 0 Å². The Kier molecular flexibility index (Phi) is 4.96. The average Bonchev–Trinajstić information content (AvgIpc) is 2.46. The van der Waals surface area contributed by atoms with Gasteiger partial charge in [0.25, 0.3) is 0 Å². The van der Waals surface area contributed by atoms with E-state index >= 15 is 0 Å². The van der Waals surface area contributed by atoms with Crippen LogP contribution in [0.3, 0.4) is 0 Å². The van der Waals surface area contributed by atoms with E-state index in [-0.39, 0.29) is 0 Å². The zero-order valence-electron chi connectivity index (χ0n) is 13.6. The number of aromatic nitrogens is 2. The number of nitrogens with one attached hydrogen (secondary N) is 1. The third-order valence-corrected chi connectivity index (χ3v) is 3.58. The van der Waals surface area contributed by atoms with Gasteiger partial charge in [-0.25, -0.2) is 4.98 Å². The molecule has 5 nitrogen and oxygen atoms in total. The molecule has 5 heteroatoms. The van der Waals surface area contributed by atoms with E-state index in [4.69, 9.17) is 4.98 Å². The Morgan fingerprint density at radius 2 is 1.90 bits per heavy atom. The maximum absolute atomic E-state index is 4.70. The molecule has 1 aromatic carbocycles. The summed E-state index contributed by atoms with van der Waals surface area (Å²) in [6.07, 6.45) is 0. The lowest BCUT2D eigenvalue weighted by Crippen LogP contribution is -2.40. The molecule has 1 N–H and O–H groups in total. The van der Waals surface area contributed by atoms with Gasteiger partial charge in [-0.15, -0.1) is 0 Å². The van der Waals surface area contributed by atoms with E-state index < -0.39 is 0 Å². The number of para-hydroxylation sites is 1. The van der Waals surface area contributed by atoms with Crippen LogP contribution in [-0.4, -0.2) is 55.1 Å². The van der Waals surface area contributed by atoms with Gasteiger partial charge in [0.05, 0.1) is 5.52 Å². The first-order chi connectivity index (χ1) is 10.1. The number of fused-ring (bicyclic) bond motifs is 1. The quantitative estimate of drug-likeness (QED) is 0.884. The number of likely N-dealkylation sites (N-methyl/N-ethyl adjacent to an activating group) is 2. The van der Waals surface area contributed by atoms with Crippen molar-refractivity contribution in [2.75, 3.05) is 44.4 Å². The zero-order chi connectivity index (χ0) is 15.4. The third-order valence-electron chi connectivity index (χ3n) is 3.58. The van der Waals surface area contributed by atoms with Crippen LogP contribution in [0.2, 0.25) is 0 Å². The molecule has 0 aliphatic heterocycles. The molecule has 1 unspecified atom stereocenters. The van der Waals surface area contributed by atoms with E-state index in [1.165, 1.54) is 0 Å². The van der Waals surface area contributed by atoms with Gasteiger partial charge in [0, 0.05) is 31.6 Å². The van der Waals surface area contributed by atoms with E-state index in [0.717, 1.165) is 29.8 Å². The number of nitrogens with zero attached hydrogens (tertiary/aromatic N) is 4. The molecular formula is C16H25N5. The normalized spacial score (nSPS) is 12.7. The minimum absolute atomic E-state index is 0.382. The first-order valence-electron chi connectivity index (χ1n) is 7.42. The summed E-state index contributed by atoms with van der Waals surface area (Å²) >= 11 is 0. The van der Waals surface area contributed by atoms with Crippen LogP contribution < -0.4 is 10.2 Å². The van der Waals surface area contributed by atoms with Crippen LogP contribution in [0.25, 0.3) is 10.9 Å². The van der Waals surface area contributed by atoms with Crippen molar-refractivity contribution in [1.82, 2.24) is 14.9 Å². The fourth-order valence-electron chi connectivity index (χ4n) is 2.69. The maximum Gasteiger partial charge on any atom is 0.224 e. The largest absolute Gasteiger partial charge is 0.357 e. The Labute approximate surface area is 127 Å². The fourth-order valence-corrected chi connectivity index (χ4v) is 2.69. The summed E-state index contributed by atoms with van der Waals surface area (Å²) in [5, 5.41) is 4.16. The molecule has 21 heavy (non-hydrogen) atoms. The molecule has 2 aromatic rings. The average molecular weight is 287 g/mol. The first-order valence-corrected chi connectivity index (χ1v) is 7.42. The van der Waals surface area contributed by atoms with Gasteiger partial charge < -0.3 is 15.1 Å². The van der Waals surface area contributed by atoms with Gasteiger partial charge in [-0.1, -0.05) is 12.1 Å². The monoisotopic (exact) mass is 287 g/mol. The highest BCUT2D eigenvalue weighted by Gasteiger charge is 2.18. The first kappa shape index (κ1) is 15.5. The minimum Gasteiger partial charge on any atom is -0.357 e. The van der Waals surface area contributed by atoms with Crippen LogP contribution in [0.1, 0.15) is 13.8 Å². The number of anilines is 2. The Morgan fingerprint density at radius 1 is 1.19 bits per heavy atom. The number of rotatable bonds is 6. The molecule has 0 amide bonds. The van der Waals surface area contributed by atoms with Crippen LogP contribution in [0.15, 0.2) is 24.3 Å². The molecule has 0 saturated heterocycles. The highest BCUT2D eigenvalue weighted by molar-refractivity contribution is 5.90. The summed E-state index contributed by atoms with van der Waals surface area (Å²) in [4.78, 5) is 13.8. The Hall–Kier alpha value is -1.88. The molecule has 0 aliphatic carbocycles. The molecular weight excluding hydrogens is 262 g/mol. The second kappa shape index (κ2) is 6.72. The molecule has 0 aliphatic rings. The Morgan fingerprint density at radius 3 is 2.52 bits per heavy atom. The molecule has 2 rings (SSSR count). The molecule has 0 spiro atoms. The maximum atomic E-state index is 4.70. The van der Waals surface area contributed by atoms with Gasteiger partial charge in [-0.2, -0.15) is 4.98 Å². The smallest absolute Gasteiger partial charge is 0.224 e. The molecule has 0 saturated carbocycles. The van der Waals surface area contributed by atoms with Crippen LogP contribution >= 0.6 is 0 Å². The van der Waals surface area contributed by atoms with Crippen molar-refractivity contribution in [1.29, 1.82) is 0 Å². The number of hydrogen-bond acceptors (Lipinski definition) is 5. The van der Waals surface area contributed by atoms with E-state index in [0.29, 0.717) is 12.0 Å². The van der Waals surface area contributed by atoms with Crippen LogP contribution in [0.5, 0.6) is 0 Å². The van der Waals surface area contributed by atoms with Crippen molar-refractivity contribution in [3.8, 4) is 0 Å². The van der Waals surface area contributed by atoms with E-state index in [1.807, 2.05) is 25.2 Å². The van der Waals surface area contributed by atoms with Gasteiger partial charge in [-0.3, -0.25) is 0 Å². The van der Waals surface area contributed by atoms with Crippen LogP contribution in [-0.2, 0) is 0 Å². The summed E-state index contributed by atoms with van der Waals surface area (Å²) in [6.45, 7) is 6.31. The summed E-state index contributed by atoms with van der Waals surface area (Å²) < 4.78 is 0. The fraction of sp³-hybridized carbons (Fsp3) is 0.500. The van der Waals surface area contributed by atoms with Crippen molar-refractivity contribution >= 4 is 22.7 Å². The predicted octanol–water partition coefficient (Wildman–Crippen LogP) is 2.45. The molecule has 1 heterocycles. The zero-order valence-corrected chi connectivity index (χ0v) is 13.6. The summed E-state index contributed by atoms with van der Waals surface area (Å²) in [6, 6.07) is 8.56. The van der Waals surface area contributed by atoms with Gasteiger partial charge in [0.1, 0.15) is 5.82 Å². The van der Waals surface area contributed by atoms with Crippen molar-refractivity contribution < 1.29 is 0 Å². The van der Waals surface area contributed by atoms with Gasteiger partial charge in [-0.05, 0) is 40.1 Å². The second-order valence-electron chi connectivity index (χ2n) is 5.54. The summed E-state index contributed by atoms with van der Waals surface area (Å²) in [5.74, 6) is 1.67. The van der Waals surface area contributed by atoms with Crippen molar-refractivity contribution in [2.24, 2.45) is 0 Å². The lowest BCUT2D eigenvalue weighted by Gasteiger charge is -2.32. The highest BCUT2D eigenvalue weighted by atomic mass is 15.3. The van der Waals surface area contributed by atoms with Crippen molar-refractivity contribution in [2.45, 2.75) is 19.9 Å². The molecule has 1 aromatic heterocycles. The van der Waals surface area contributed by atoms with E-state index in [1.54, 1.807) is 0 Å². The molecule has 0 fully saturated rings. The van der Waals surface area contributed by atoms with Gasteiger partial charge in [0.2, 0.25) is 5.95 Å². The van der Waals surface area contributed by atoms with Crippen molar-refractivity contribution in [3.05, 3.63) is 24.3 Å². The Balaban J connectivity index is 2.51. The summed E-state index contributed by atoms with van der Waals surface area (Å²) in [7, 11) is 6.05. The summed E-state index contributed by atoms with van der Waals surface area (Å²) in [5.41, 5.74) is 0.974. The number of benzene rings is 1. The third kappa shape index (κ3) is 3.42. The topological polar surface area (TPSA) is 44.3 Å². The van der Waals surface area contributed by atoms with E-state index in [9.17, 15) is 0 Å². The minimum atomic E-state index is 0.382. The lowest BCUT2D eigenvalue weighted by molar-refractivity contribution is 0.372. The van der Waals surface area contributed by atoms with Crippen LogP contribution in [0, 0.1) is 0 Å².